The summed E-state index contributed by atoms with van der Waals surface area (Å²) < 4.78 is 212. The highest BCUT2D eigenvalue weighted by Crippen LogP contribution is 2.48. The van der Waals surface area contributed by atoms with E-state index in [0.717, 1.165) is 32.6 Å². The molecule has 0 spiro atoms. The van der Waals surface area contributed by atoms with E-state index in [1.54, 1.807) is 59.2 Å². The van der Waals surface area contributed by atoms with E-state index < -0.39 is 168 Å². The minimum absolute atomic E-state index is 0.0638. The Balaban J connectivity index is 0.951. The van der Waals surface area contributed by atoms with Gasteiger partial charge in [-0.15, -0.1) is 0 Å². The van der Waals surface area contributed by atoms with E-state index in [9.17, 15) is 20.6 Å². The number of aromatic nitrogens is 4. The largest absolute Gasteiger partial charge is 0.458 e. The molecule has 1 aliphatic heterocycles. The van der Waals surface area contributed by atoms with Crippen LogP contribution in [0.2, 0.25) is 0 Å². The van der Waals surface area contributed by atoms with Gasteiger partial charge in [0, 0.05) is 23.0 Å². The lowest BCUT2D eigenvalue weighted by Crippen LogP contribution is -2.74. The number of ether oxygens (including phenoxy) is 1. The summed E-state index contributed by atoms with van der Waals surface area (Å²) in [5.41, 5.74) is -2.40. The average Bonchev–Trinajstić information content (AvgIpc) is 1.61. The van der Waals surface area contributed by atoms with Crippen LogP contribution in [0, 0.1) is 6.33 Å². The van der Waals surface area contributed by atoms with Crippen LogP contribution in [0.3, 0.4) is 0 Å². The maximum Gasteiger partial charge on any atom is 0.269 e. The van der Waals surface area contributed by atoms with Crippen LogP contribution >= 0.6 is 0 Å². The molecule has 5 nitrogen and oxygen atoms in total. The number of pyridine rings is 1. The van der Waals surface area contributed by atoms with Crippen molar-refractivity contribution in [2.24, 2.45) is 0 Å². The molecule has 0 saturated heterocycles. The first-order valence-corrected chi connectivity index (χ1v) is 34.3. The summed E-state index contributed by atoms with van der Waals surface area (Å²) >= 11 is 0. The van der Waals surface area contributed by atoms with E-state index >= 15 is 0 Å². The fourth-order valence-corrected chi connectivity index (χ4v) is 18.6. The molecule has 0 radical (unpaired) electrons. The van der Waals surface area contributed by atoms with Gasteiger partial charge in [-0.05, 0) is 176 Å². The summed E-state index contributed by atoms with van der Waals surface area (Å²) in [4.78, 5) is 5.07. The molecule has 0 aliphatic carbocycles. The fourth-order valence-electron chi connectivity index (χ4n) is 13.8. The van der Waals surface area contributed by atoms with Crippen LogP contribution in [0.1, 0.15) is 81.5 Å². The molecule has 0 unspecified atom stereocenters. The Bertz CT molecular complexity index is 6810. The lowest BCUT2D eigenvalue weighted by Gasteiger charge is -2.34. The van der Waals surface area contributed by atoms with Gasteiger partial charge in [-0.25, -0.2) is 4.98 Å². The average molecular weight is 1300 g/mol. The third-order valence-corrected chi connectivity index (χ3v) is 23.3. The highest BCUT2D eigenvalue weighted by Gasteiger charge is 2.42. The second-order valence-corrected chi connectivity index (χ2v) is 30.3. The molecule has 0 N–H and O–H groups in total. The third kappa shape index (κ3) is 10.3. The van der Waals surface area contributed by atoms with E-state index in [1.165, 1.54) is 20.1 Å². The van der Waals surface area contributed by atoms with Gasteiger partial charge < -0.3 is 4.74 Å². The van der Waals surface area contributed by atoms with Crippen LogP contribution < -0.4 is 30.1 Å². The Labute approximate surface area is 604 Å². The quantitative estimate of drug-likeness (QED) is 0.0560. The first-order valence-electron chi connectivity index (χ1n) is 42.8. The molecule has 3 aromatic heterocycles. The minimum atomic E-state index is -3.06. The molecule has 17 rings (SSSR count). The molecular formula is C92H72N4OSi. The lowest BCUT2D eigenvalue weighted by atomic mass is 9.80. The summed E-state index contributed by atoms with van der Waals surface area (Å²) in [6, 6.07) is 47.3. The highest BCUT2D eigenvalue weighted by atomic mass is 28.3. The normalized spacial score (nSPS) is 15.2. The summed E-state index contributed by atoms with van der Waals surface area (Å²) in [6.45, 7) is 11.9. The molecule has 16 aromatic rings. The van der Waals surface area contributed by atoms with Crippen molar-refractivity contribution in [2.45, 2.75) is 52.4 Å². The van der Waals surface area contributed by atoms with Crippen molar-refractivity contribution in [1.29, 1.82) is 0 Å². The van der Waals surface area contributed by atoms with Crippen molar-refractivity contribution in [3.05, 3.63) is 345 Å². The zero-order valence-corrected chi connectivity index (χ0v) is 55.2. The van der Waals surface area contributed by atoms with Crippen molar-refractivity contribution >= 4 is 61.7 Å². The molecule has 4 heterocycles. The van der Waals surface area contributed by atoms with Crippen LogP contribution in [-0.4, -0.2) is 22.2 Å². The molecule has 1 aliphatic rings. The molecule has 0 bridgehead atoms. The molecule has 0 amide bonds. The zero-order chi connectivity index (χ0) is 84.6. The Morgan fingerprint density at radius 1 is 0.398 bits per heavy atom. The standard InChI is InChI=1S/C92H72N4OSi/c1-91(2,3)67-50-51-93-88(57-67)96-85-49-47-75(98(72-34-16-9-17-35-72,73-36-18-10-19-37-73)74-38-20-11-21-39-74)60-83(85)80-48-46-71(59-87(80)96)97-70-33-26-32-69(58-70)94-61-95-89-82(66-53-64(62-28-12-7-13-29-62)52-65(54-66)63-30-14-8-15-31-63)55-68(92(4,5)6)56-84(89)79-43-25-23-41-77(79)76-40-22-24-42-78(76)81-44-27-45-86(94)90(81)95/h7-60H,1-6H3/i7D,8D,12D,13D,14D,15D,22D,23D,24D,25D,28D,29D,30D,31D,40D,41D,42D,43D,52D,53D,54D. The minimum Gasteiger partial charge on any atom is -0.458 e. The van der Waals surface area contributed by atoms with Crippen LogP contribution in [0.4, 0.5) is 0 Å². The first-order chi connectivity index (χ1) is 56.6. The zero-order valence-electron chi connectivity index (χ0n) is 75.2. The lowest BCUT2D eigenvalue weighted by molar-refractivity contribution is -0.570. The smallest absolute Gasteiger partial charge is 0.269 e. The summed E-state index contributed by atoms with van der Waals surface area (Å²) in [5.74, 6) is 1.43. The van der Waals surface area contributed by atoms with E-state index in [2.05, 4.69) is 135 Å². The van der Waals surface area contributed by atoms with E-state index in [0.29, 0.717) is 28.6 Å². The number of rotatable bonds is 11. The molecule has 6 heteroatoms. The fraction of sp³-hybridized carbons (Fsp3) is 0.0870. The summed E-state index contributed by atoms with van der Waals surface area (Å²) in [6.07, 6.45) is 5.38. The SMILES string of the molecule is [2H]c1c([2H])c([2H])c(-c2c([2H])c(-c3cc(C(C)(C)C)cc4c3-[n+]3[c-]n(-c5cccc(Oc6ccc7c8cc([Si](c9ccccc9)(c9ccccc9)c9ccccc9)ccc8n(-c8cc(C(C)(C)C)ccn8)c7c6)c5)c5cccc(c53)-c3c([2H])c([2H])c([2H])c([2H])c3-c3c([2H])c([2H])c([2H])c([2H])c3-4)c([2H])c(-c3c([2H])c([2H])c([2H])c([2H])c3[2H])c2[2H])c([2H])c1[2H]. The van der Waals surface area contributed by atoms with Crippen molar-refractivity contribution in [1.82, 2.24) is 14.1 Å². The summed E-state index contributed by atoms with van der Waals surface area (Å²) in [7, 11) is -3.06. The van der Waals surface area contributed by atoms with Gasteiger partial charge in [0.15, 0.2) is 8.07 Å². The third-order valence-electron chi connectivity index (χ3n) is 18.5. The molecular weight excluding hydrogens is 1210 g/mol. The number of benzene rings is 13. The van der Waals surface area contributed by atoms with Crippen molar-refractivity contribution in [2.75, 3.05) is 0 Å². The van der Waals surface area contributed by atoms with Crippen LogP contribution in [0.5, 0.6) is 11.5 Å². The van der Waals surface area contributed by atoms with Crippen molar-refractivity contribution in [3.8, 4) is 95.5 Å². The van der Waals surface area contributed by atoms with Crippen LogP contribution in [0.15, 0.2) is 327 Å². The predicted molar refractivity (Wildman–Crippen MR) is 409 cm³/mol. The van der Waals surface area contributed by atoms with Crippen LogP contribution in [-0.2, 0) is 10.8 Å². The maximum atomic E-state index is 10.7. The van der Waals surface area contributed by atoms with Crippen molar-refractivity contribution in [3.63, 3.8) is 0 Å². The topological polar surface area (TPSA) is 35.9 Å². The number of hydrogen-bond donors (Lipinski definition) is 0. The molecule has 0 fully saturated rings. The number of fused-ring (bicyclic) bond motifs is 10. The number of hydrogen-bond acceptors (Lipinski definition) is 2. The molecule has 0 atom stereocenters. The second-order valence-electron chi connectivity index (χ2n) is 26.5. The number of nitrogens with zero attached hydrogens (tertiary/aromatic N) is 4. The van der Waals surface area contributed by atoms with Gasteiger partial charge in [0.25, 0.3) is 6.33 Å². The monoisotopic (exact) mass is 1300 g/mol. The summed E-state index contributed by atoms with van der Waals surface area (Å²) in [5, 5.41) is 6.69. The number of imidazole rings is 1. The van der Waals surface area contributed by atoms with Gasteiger partial charge >= 0.3 is 0 Å². The number of para-hydroxylation sites is 1. The molecule has 98 heavy (non-hydrogen) atoms. The highest BCUT2D eigenvalue weighted by molar-refractivity contribution is 7.20. The van der Waals surface area contributed by atoms with Crippen LogP contribution in [0.25, 0.3) is 117 Å². The van der Waals surface area contributed by atoms with Gasteiger partial charge in [0.2, 0.25) is 0 Å². The predicted octanol–water partition coefficient (Wildman–Crippen LogP) is 20.3. The van der Waals surface area contributed by atoms with E-state index in [4.69, 9.17) is 17.9 Å². The van der Waals surface area contributed by atoms with Gasteiger partial charge in [-0.1, -0.05) is 290 Å². The Kier molecular flexibility index (Phi) is 10.1. The Morgan fingerprint density at radius 3 is 1.54 bits per heavy atom. The molecule has 0 saturated carbocycles. The van der Waals surface area contributed by atoms with Gasteiger partial charge in [-0.2, -0.15) is 0 Å². The van der Waals surface area contributed by atoms with E-state index in [-0.39, 0.29) is 61.1 Å². The molecule has 470 valence electrons. The van der Waals surface area contributed by atoms with Gasteiger partial charge in [-0.3, -0.25) is 13.7 Å². The Morgan fingerprint density at radius 2 is 0.939 bits per heavy atom. The Hall–Kier alpha value is -11.7. The van der Waals surface area contributed by atoms with Crippen molar-refractivity contribution < 1.29 is 38.1 Å². The first kappa shape index (κ1) is 41.3. The maximum absolute atomic E-state index is 10.7. The van der Waals surface area contributed by atoms with Gasteiger partial charge in [0.05, 0.1) is 62.2 Å². The molecule has 13 aromatic carbocycles. The second kappa shape index (κ2) is 23.9. The van der Waals surface area contributed by atoms with E-state index in [1.807, 2.05) is 63.4 Å². The van der Waals surface area contributed by atoms with Gasteiger partial charge in [0.1, 0.15) is 17.3 Å².